The van der Waals surface area contributed by atoms with Crippen LogP contribution in [0.5, 0.6) is 0 Å². The van der Waals surface area contributed by atoms with Crippen LogP contribution in [0.15, 0.2) is 0 Å². The van der Waals surface area contributed by atoms with Gasteiger partial charge in [0.1, 0.15) is 0 Å². The van der Waals surface area contributed by atoms with Gasteiger partial charge in [0.05, 0.1) is 11.2 Å². The molecule has 1 fully saturated rings. The molecule has 1 saturated heterocycles. The first-order valence-electron chi connectivity index (χ1n) is 4.51. The van der Waals surface area contributed by atoms with Crippen LogP contribution in [0.3, 0.4) is 0 Å². The normalized spacial score (nSPS) is 31.5. The highest BCUT2D eigenvalue weighted by atomic mass is 16.7. The maximum Gasteiger partial charge on any atom is 0.451 e. The van der Waals surface area contributed by atoms with Crippen molar-refractivity contribution in [2.24, 2.45) is 0 Å². The zero-order valence-electron chi connectivity index (χ0n) is 8.41. The van der Waals surface area contributed by atoms with Crippen molar-refractivity contribution in [3.05, 3.63) is 0 Å². The summed E-state index contributed by atoms with van der Waals surface area (Å²) in [5, 5.41) is 17.5. The molecule has 74 valence electrons. The summed E-state index contributed by atoms with van der Waals surface area (Å²) in [5.41, 5.74) is -0.779. The monoisotopic (exact) mass is 186 g/mol. The molecule has 0 saturated carbocycles. The molecule has 0 aromatic carbocycles. The Morgan fingerprint density at radius 3 is 2.23 bits per heavy atom. The Balaban J connectivity index is 2.54. The van der Waals surface area contributed by atoms with Crippen LogP contribution in [0.4, 0.5) is 0 Å². The topological polar surface area (TPSA) is 58.9 Å². The van der Waals surface area contributed by atoms with E-state index in [1.54, 1.807) is 0 Å². The van der Waals surface area contributed by atoms with Gasteiger partial charge in [0.2, 0.25) is 0 Å². The van der Waals surface area contributed by atoms with Crippen LogP contribution in [-0.2, 0) is 9.31 Å². The van der Waals surface area contributed by atoms with Gasteiger partial charge in [-0.3, -0.25) is 0 Å². The average Bonchev–Trinajstić information content (AvgIpc) is 2.24. The largest absolute Gasteiger partial charge is 0.451 e. The Kier molecular flexibility index (Phi) is 3.07. The summed E-state index contributed by atoms with van der Waals surface area (Å²) >= 11 is 0. The van der Waals surface area contributed by atoms with Gasteiger partial charge < -0.3 is 19.4 Å². The third kappa shape index (κ3) is 2.26. The third-order valence-electron chi connectivity index (χ3n) is 2.95. The predicted octanol–water partition coefficient (Wildman–Crippen LogP) is -0.300. The maximum atomic E-state index is 8.76. The molecule has 0 aromatic heterocycles. The summed E-state index contributed by atoms with van der Waals surface area (Å²) in [4.78, 5) is 0. The van der Waals surface area contributed by atoms with E-state index >= 15 is 0 Å². The first-order valence-corrected chi connectivity index (χ1v) is 4.51. The number of hydrogen-bond acceptors (Lipinski definition) is 4. The first-order chi connectivity index (χ1) is 5.87. The second-order valence-electron chi connectivity index (χ2n) is 4.17. The van der Waals surface area contributed by atoms with Gasteiger partial charge in [-0.25, -0.2) is 0 Å². The van der Waals surface area contributed by atoms with Gasteiger partial charge >= 0.3 is 14.8 Å². The van der Waals surface area contributed by atoms with E-state index in [1.807, 2.05) is 20.8 Å². The van der Waals surface area contributed by atoms with Crippen molar-refractivity contribution < 1.29 is 19.4 Å². The Morgan fingerprint density at radius 2 is 1.85 bits per heavy atom. The van der Waals surface area contributed by atoms with Gasteiger partial charge in [0, 0.05) is 0 Å². The second-order valence-corrected chi connectivity index (χ2v) is 4.17. The van der Waals surface area contributed by atoms with Crippen LogP contribution in [-0.4, -0.2) is 36.1 Å². The molecule has 1 heterocycles. The van der Waals surface area contributed by atoms with Crippen LogP contribution in [0.2, 0.25) is 6.32 Å². The SMILES string of the molecule is CC1(C)OBOC1(C)CCB(O)O. The molecule has 13 heavy (non-hydrogen) atoms. The van der Waals surface area contributed by atoms with E-state index in [9.17, 15) is 0 Å². The standard InChI is InChI=1S/C7H16B2O4/c1-6(2)7(3,13-8-12-6)4-5-9(10)11/h8,10-11H,4-5H2,1-3H3. The van der Waals surface area contributed by atoms with E-state index in [-0.39, 0.29) is 13.3 Å². The Bertz CT molecular complexity index is 185. The molecule has 0 amide bonds. The summed E-state index contributed by atoms with van der Waals surface area (Å²) in [5.74, 6) is 0. The van der Waals surface area contributed by atoms with Crippen molar-refractivity contribution >= 4 is 14.8 Å². The minimum Gasteiger partial charge on any atom is -0.427 e. The molecular weight excluding hydrogens is 170 g/mol. The molecule has 2 N–H and O–H groups in total. The quantitative estimate of drug-likeness (QED) is 0.593. The van der Waals surface area contributed by atoms with Crippen molar-refractivity contribution in [1.29, 1.82) is 0 Å². The fourth-order valence-electron chi connectivity index (χ4n) is 1.41. The average molecular weight is 186 g/mol. The van der Waals surface area contributed by atoms with E-state index in [4.69, 9.17) is 19.4 Å². The second kappa shape index (κ2) is 3.61. The van der Waals surface area contributed by atoms with E-state index < -0.39 is 12.7 Å². The van der Waals surface area contributed by atoms with Gasteiger partial charge in [0.25, 0.3) is 0 Å². The van der Waals surface area contributed by atoms with Gasteiger partial charge in [0.15, 0.2) is 0 Å². The van der Waals surface area contributed by atoms with Crippen molar-refractivity contribution in [3.8, 4) is 0 Å². The predicted molar refractivity (Wildman–Crippen MR) is 51.4 cm³/mol. The van der Waals surface area contributed by atoms with Gasteiger partial charge in [-0.05, 0) is 33.5 Å². The molecule has 1 atom stereocenters. The molecule has 1 unspecified atom stereocenters. The minimum absolute atomic E-state index is 0.283. The maximum absolute atomic E-state index is 8.76. The van der Waals surface area contributed by atoms with Crippen molar-refractivity contribution in [2.45, 2.75) is 44.7 Å². The zero-order chi connectivity index (χ0) is 10.1. The number of hydrogen-bond donors (Lipinski definition) is 2. The highest BCUT2D eigenvalue weighted by Gasteiger charge is 2.47. The smallest absolute Gasteiger partial charge is 0.427 e. The lowest BCUT2D eigenvalue weighted by Gasteiger charge is -2.36. The van der Waals surface area contributed by atoms with E-state index in [2.05, 4.69) is 0 Å². The molecular formula is C7H16B2O4. The first kappa shape index (κ1) is 11.0. The summed E-state index contributed by atoms with van der Waals surface area (Å²) < 4.78 is 10.9. The molecule has 1 rings (SSSR count). The molecule has 0 aliphatic carbocycles. The molecule has 4 nitrogen and oxygen atoms in total. The Hall–Kier alpha value is -0.0301. The number of rotatable bonds is 3. The van der Waals surface area contributed by atoms with Crippen molar-refractivity contribution in [2.75, 3.05) is 0 Å². The third-order valence-corrected chi connectivity index (χ3v) is 2.95. The lowest BCUT2D eigenvalue weighted by atomic mass is 9.75. The summed E-state index contributed by atoms with van der Waals surface area (Å²) in [6.45, 7) is 5.83. The summed E-state index contributed by atoms with van der Waals surface area (Å²) in [7, 11) is -0.984. The highest BCUT2D eigenvalue weighted by Crippen LogP contribution is 2.37. The lowest BCUT2D eigenvalue weighted by Crippen LogP contribution is -2.45. The van der Waals surface area contributed by atoms with Crippen LogP contribution in [0.25, 0.3) is 0 Å². The minimum atomic E-state index is -1.27. The molecule has 6 heteroatoms. The Labute approximate surface area is 79.7 Å². The Morgan fingerprint density at radius 1 is 1.23 bits per heavy atom. The fraction of sp³-hybridized carbons (Fsp3) is 1.00. The fourth-order valence-corrected chi connectivity index (χ4v) is 1.41. The van der Waals surface area contributed by atoms with Crippen LogP contribution < -0.4 is 0 Å². The van der Waals surface area contributed by atoms with Gasteiger partial charge in [-0.1, -0.05) is 0 Å². The molecule has 0 aromatic rings. The molecule has 0 radical (unpaired) electrons. The van der Waals surface area contributed by atoms with E-state index in [0.29, 0.717) is 12.7 Å². The van der Waals surface area contributed by atoms with Crippen molar-refractivity contribution in [1.82, 2.24) is 0 Å². The van der Waals surface area contributed by atoms with E-state index in [0.717, 1.165) is 0 Å². The molecule has 0 spiro atoms. The lowest BCUT2D eigenvalue weighted by molar-refractivity contribution is -0.0128. The highest BCUT2D eigenvalue weighted by molar-refractivity contribution is 6.40. The van der Waals surface area contributed by atoms with E-state index in [1.165, 1.54) is 0 Å². The van der Waals surface area contributed by atoms with Crippen molar-refractivity contribution in [3.63, 3.8) is 0 Å². The molecule has 1 aliphatic rings. The summed E-state index contributed by atoms with van der Waals surface area (Å²) in [6.07, 6.45) is 0.890. The van der Waals surface area contributed by atoms with Crippen LogP contribution in [0.1, 0.15) is 27.2 Å². The van der Waals surface area contributed by atoms with Crippen LogP contribution in [0, 0.1) is 0 Å². The summed E-state index contributed by atoms with van der Waals surface area (Å²) in [6, 6.07) is 0. The zero-order valence-corrected chi connectivity index (χ0v) is 8.41. The van der Waals surface area contributed by atoms with Crippen LogP contribution >= 0.6 is 0 Å². The molecule has 0 bridgehead atoms. The molecule has 1 aliphatic heterocycles. The van der Waals surface area contributed by atoms with Gasteiger partial charge in [-0.15, -0.1) is 0 Å². The van der Waals surface area contributed by atoms with Gasteiger partial charge in [-0.2, -0.15) is 0 Å².